The molecule has 1 fully saturated rings. The molecule has 1 aliphatic heterocycles. The van der Waals surface area contributed by atoms with Crippen molar-refractivity contribution in [1.29, 1.82) is 0 Å². The van der Waals surface area contributed by atoms with Crippen LogP contribution in [0.1, 0.15) is 12.0 Å². The number of anilines is 2. The zero-order valence-electron chi connectivity index (χ0n) is 16.1. The third kappa shape index (κ3) is 5.14. The van der Waals surface area contributed by atoms with Gasteiger partial charge in [0.2, 0.25) is 5.91 Å². The van der Waals surface area contributed by atoms with E-state index < -0.39 is 24.4 Å². The maximum atomic E-state index is 12.3. The van der Waals surface area contributed by atoms with Gasteiger partial charge in [-0.05, 0) is 42.8 Å². The lowest BCUT2D eigenvalue weighted by atomic mass is 10.1. The lowest BCUT2D eigenvalue weighted by Gasteiger charge is -2.17. The summed E-state index contributed by atoms with van der Waals surface area (Å²) in [6, 6.07) is 12.5. The number of carbonyl (C=O) groups is 3. The molecule has 0 aromatic heterocycles. The van der Waals surface area contributed by atoms with Gasteiger partial charge in [-0.15, -0.1) is 0 Å². The highest BCUT2D eigenvalue weighted by atomic mass is 79.9. The molecule has 0 aliphatic carbocycles. The number of hydrogen-bond acceptors (Lipinski definition) is 5. The van der Waals surface area contributed by atoms with Crippen LogP contribution >= 0.6 is 15.9 Å². The predicted molar refractivity (Wildman–Crippen MR) is 112 cm³/mol. The number of nitrogens with one attached hydrogen (secondary N) is 1. The van der Waals surface area contributed by atoms with Crippen molar-refractivity contribution in [2.45, 2.75) is 13.3 Å². The Morgan fingerprint density at radius 1 is 1.24 bits per heavy atom. The van der Waals surface area contributed by atoms with Gasteiger partial charge < -0.3 is 19.7 Å². The number of carbonyl (C=O) groups excluding carboxylic acids is 3. The van der Waals surface area contributed by atoms with Crippen molar-refractivity contribution in [3.05, 3.63) is 52.5 Å². The normalized spacial score (nSPS) is 15.9. The number of benzene rings is 2. The van der Waals surface area contributed by atoms with E-state index in [0.717, 1.165) is 10.0 Å². The van der Waals surface area contributed by atoms with Crippen LogP contribution in [-0.2, 0) is 19.1 Å². The third-order valence-corrected chi connectivity index (χ3v) is 5.50. The van der Waals surface area contributed by atoms with Gasteiger partial charge >= 0.3 is 5.97 Å². The van der Waals surface area contributed by atoms with Crippen molar-refractivity contribution in [3.8, 4) is 5.75 Å². The average molecular weight is 461 g/mol. The van der Waals surface area contributed by atoms with Gasteiger partial charge in [0.05, 0.1) is 13.0 Å². The lowest BCUT2D eigenvalue weighted by Crippen LogP contribution is -2.28. The number of esters is 1. The average Bonchev–Trinajstić information content (AvgIpc) is 3.11. The highest BCUT2D eigenvalue weighted by molar-refractivity contribution is 9.10. The van der Waals surface area contributed by atoms with Crippen LogP contribution in [-0.4, -0.2) is 38.0 Å². The minimum Gasteiger partial charge on any atom is -0.497 e. The molecule has 2 amide bonds. The summed E-state index contributed by atoms with van der Waals surface area (Å²) >= 11 is 3.40. The number of hydrogen-bond donors (Lipinski definition) is 1. The first-order chi connectivity index (χ1) is 13.9. The SMILES string of the molecule is COc1cccc(N2C[C@@H](C(=O)OCC(=O)Nc3ccc(Br)c(C)c3)CC2=O)c1. The molecule has 1 saturated heterocycles. The van der Waals surface area contributed by atoms with E-state index >= 15 is 0 Å². The molecule has 1 heterocycles. The molecule has 0 spiro atoms. The Bertz CT molecular complexity index is 946. The minimum atomic E-state index is -0.614. The highest BCUT2D eigenvalue weighted by Crippen LogP contribution is 2.28. The van der Waals surface area contributed by atoms with E-state index in [1.807, 2.05) is 19.1 Å². The van der Waals surface area contributed by atoms with Crippen LogP contribution in [0.15, 0.2) is 46.9 Å². The number of methoxy groups -OCH3 is 1. The zero-order chi connectivity index (χ0) is 21.0. The maximum absolute atomic E-state index is 12.3. The predicted octanol–water partition coefficient (Wildman–Crippen LogP) is 3.30. The maximum Gasteiger partial charge on any atom is 0.311 e. The van der Waals surface area contributed by atoms with Gasteiger partial charge in [-0.3, -0.25) is 14.4 Å². The molecule has 1 atom stereocenters. The van der Waals surface area contributed by atoms with Crippen LogP contribution in [0.25, 0.3) is 0 Å². The summed E-state index contributed by atoms with van der Waals surface area (Å²) in [6.45, 7) is 1.71. The number of rotatable bonds is 6. The Hall–Kier alpha value is -2.87. The van der Waals surface area contributed by atoms with Crippen molar-refractivity contribution < 1.29 is 23.9 Å². The number of ether oxygens (including phenoxy) is 2. The fourth-order valence-electron chi connectivity index (χ4n) is 3.07. The van der Waals surface area contributed by atoms with Gasteiger partial charge in [0, 0.05) is 34.9 Å². The van der Waals surface area contributed by atoms with Gasteiger partial charge in [-0.1, -0.05) is 22.0 Å². The molecular weight excluding hydrogens is 440 g/mol. The summed E-state index contributed by atoms with van der Waals surface area (Å²) in [7, 11) is 1.55. The summed E-state index contributed by atoms with van der Waals surface area (Å²) in [6.07, 6.45) is 0.0452. The summed E-state index contributed by atoms with van der Waals surface area (Å²) < 4.78 is 11.2. The molecule has 1 N–H and O–H groups in total. The van der Waals surface area contributed by atoms with Gasteiger partial charge in [-0.2, -0.15) is 0 Å². The first kappa shape index (κ1) is 20.9. The highest BCUT2D eigenvalue weighted by Gasteiger charge is 2.36. The molecule has 152 valence electrons. The standard InChI is InChI=1S/C21H21BrN2O5/c1-13-8-15(6-7-18(13)22)23-19(25)12-29-21(27)14-9-20(26)24(11-14)16-4-3-5-17(10-16)28-2/h3-8,10,14H,9,11-12H2,1-2H3,(H,23,25)/t14-/m0/s1. The van der Waals surface area contributed by atoms with Crippen LogP contribution in [0.4, 0.5) is 11.4 Å². The Balaban J connectivity index is 1.53. The van der Waals surface area contributed by atoms with Crippen LogP contribution in [0.5, 0.6) is 5.75 Å². The quantitative estimate of drug-likeness (QED) is 0.668. The van der Waals surface area contributed by atoms with Gasteiger partial charge in [0.1, 0.15) is 5.75 Å². The van der Waals surface area contributed by atoms with E-state index in [-0.39, 0.29) is 18.9 Å². The second-order valence-corrected chi connectivity index (χ2v) is 7.58. The molecule has 2 aromatic carbocycles. The second kappa shape index (κ2) is 9.09. The Labute approximate surface area is 177 Å². The van der Waals surface area contributed by atoms with Gasteiger partial charge in [-0.25, -0.2) is 0 Å². The fraction of sp³-hybridized carbons (Fsp3) is 0.286. The van der Waals surface area contributed by atoms with Crippen LogP contribution < -0.4 is 15.0 Å². The number of nitrogens with zero attached hydrogens (tertiary/aromatic N) is 1. The summed E-state index contributed by atoms with van der Waals surface area (Å²) in [5.74, 6) is -1.16. The third-order valence-electron chi connectivity index (χ3n) is 4.61. The van der Waals surface area contributed by atoms with Crippen molar-refractivity contribution in [3.63, 3.8) is 0 Å². The topological polar surface area (TPSA) is 84.9 Å². The van der Waals surface area contributed by atoms with Crippen LogP contribution in [0.2, 0.25) is 0 Å². The molecule has 0 radical (unpaired) electrons. The van der Waals surface area contributed by atoms with Crippen molar-refractivity contribution in [2.75, 3.05) is 30.5 Å². The summed E-state index contributed by atoms with van der Waals surface area (Å²) in [5, 5.41) is 2.68. The van der Waals surface area contributed by atoms with E-state index in [2.05, 4.69) is 21.2 Å². The monoisotopic (exact) mass is 460 g/mol. The first-order valence-corrected chi connectivity index (χ1v) is 9.83. The smallest absolute Gasteiger partial charge is 0.311 e. The summed E-state index contributed by atoms with van der Waals surface area (Å²) in [4.78, 5) is 38.2. The lowest BCUT2D eigenvalue weighted by molar-refractivity contribution is -0.151. The molecule has 0 saturated carbocycles. The molecule has 7 nitrogen and oxygen atoms in total. The van der Waals surface area contributed by atoms with Gasteiger partial charge in [0.25, 0.3) is 5.91 Å². The Morgan fingerprint density at radius 3 is 2.76 bits per heavy atom. The first-order valence-electron chi connectivity index (χ1n) is 9.04. The Kier molecular flexibility index (Phi) is 6.53. The van der Waals surface area contributed by atoms with Crippen molar-refractivity contribution >= 4 is 45.1 Å². The minimum absolute atomic E-state index is 0.0452. The van der Waals surface area contributed by atoms with Crippen LogP contribution in [0, 0.1) is 12.8 Å². The van der Waals surface area contributed by atoms with Gasteiger partial charge in [0.15, 0.2) is 6.61 Å². The fourth-order valence-corrected chi connectivity index (χ4v) is 3.31. The molecule has 3 rings (SSSR count). The number of aryl methyl sites for hydroxylation is 1. The second-order valence-electron chi connectivity index (χ2n) is 6.73. The van der Waals surface area contributed by atoms with E-state index in [4.69, 9.17) is 9.47 Å². The largest absolute Gasteiger partial charge is 0.497 e. The van der Waals surface area contributed by atoms with Crippen LogP contribution in [0.3, 0.4) is 0 Å². The molecule has 0 bridgehead atoms. The Morgan fingerprint density at radius 2 is 2.03 bits per heavy atom. The molecular formula is C21H21BrN2O5. The molecule has 29 heavy (non-hydrogen) atoms. The molecule has 0 unspecified atom stereocenters. The number of amides is 2. The van der Waals surface area contributed by atoms with E-state index in [9.17, 15) is 14.4 Å². The molecule has 2 aromatic rings. The van der Waals surface area contributed by atoms with E-state index in [1.165, 1.54) is 4.90 Å². The summed E-state index contributed by atoms with van der Waals surface area (Å²) in [5.41, 5.74) is 2.25. The van der Waals surface area contributed by atoms with E-state index in [0.29, 0.717) is 17.1 Å². The zero-order valence-corrected chi connectivity index (χ0v) is 17.7. The van der Waals surface area contributed by atoms with Crippen molar-refractivity contribution in [2.24, 2.45) is 5.92 Å². The number of halogens is 1. The molecule has 8 heteroatoms. The van der Waals surface area contributed by atoms with E-state index in [1.54, 1.807) is 37.4 Å². The molecule has 1 aliphatic rings. The van der Waals surface area contributed by atoms with Crippen molar-refractivity contribution in [1.82, 2.24) is 0 Å².